The Bertz CT molecular complexity index is 419. The van der Waals surface area contributed by atoms with Gasteiger partial charge in [-0.2, -0.15) is 0 Å². The van der Waals surface area contributed by atoms with Crippen molar-refractivity contribution >= 4 is 11.5 Å². The van der Waals surface area contributed by atoms with Crippen LogP contribution >= 0.6 is 0 Å². The lowest BCUT2D eigenvalue weighted by atomic mass is 9.73. The molecule has 1 fully saturated rings. The van der Waals surface area contributed by atoms with E-state index in [-0.39, 0.29) is 17.0 Å². The van der Waals surface area contributed by atoms with Gasteiger partial charge in [0.1, 0.15) is 5.76 Å². The van der Waals surface area contributed by atoms with Crippen LogP contribution in [0.3, 0.4) is 0 Å². The molecule has 0 aromatic heterocycles. The molecule has 1 aliphatic carbocycles. The molecule has 0 heterocycles. The van der Waals surface area contributed by atoms with Crippen molar-refractivity contribution in [3.05, 3.63) is 11.3 Å². The molecular formula is C18H31NO2. The zero-order valence-electron chi connectivity index (χ0n) is 14.2. The minimum atomic E-state index is -0.0463. The predicted octanol–water partition coefficient (Wildman–Crippen LogP) is 5.01. The number of aliphatic hydroxyl groups excluding tert-OH is 1. The van der Waals surface area contributed by atoms with Crippen molar-refractivity contribution in [2.75, 3.05) is 6.54 Å². The second kappa shape index (κ2) is 8.35. The number of aliphatic imine (C=N–C) groups is 1. The minimum absolute atomic E-state index is 0.0463. The lowest BCUT2D eigenvalue weighted by Crippen LogP contribution is -2.32. The third kappa shape index (κ3) is 5.64. The van der Waals surface area contributed by atoms with E-state index in [2.05, 4.69) is 25.8 Å². The van der Waals surface area contributed by atoms with E-state index in [9.17, 15) is 9.90 Å². The average molecular weight is 293 g/mol. The summed E-state index contributed by atoms with van der Waals surface area (Å²) in [5, 5.41) is 10.2. The van der Waals surface area contributed by atoms with Crippen molar-refractivity contribution in [1.29, 1.82) is 0 Å². The molecule has 0 aromatic rings. The smallest absolute Gasteiger partial charge is 0.168 e. The molecule has 3 heteroatoms. The summed E-state index contributed by atoms with van der Waals surface area (Å²) in [6, 6.07) is 0. The Morgan fingerprint density at radius 1 is 1.14 bits per heavy atom. The fourth-order valence-electron chi connectivity index (χ4n) is 2.86. The zero-order chi connectivity index (χ0) is 15.9. The van der Waals surface area contributed by atoms with Gasteiger partial charge in [-0.15, -0.1) is 0 Å². The molecule has 0 aromatic carbocycles. The van der Waals surface area contributed by atoms with Crippen molar-refractivity contribution in [2.24, 2.45) is 10.4 Å². The Kier molecular flexibility index (Phi) is 7.13. The number of aliphatic hydroxyl groups is 1. The summed E-state index contributed by atoms with van der Waals surface area (Å²) in [4.78, 5) is 17.0. The molecule has 0 saturated heterocycles. The van der Waals surface area contributed by atoms with Crippen molar-refractivity contribution in [1.82, 2.24) is 0 Å². The first-order valence-electron chi connectivity index (χ1n) is 8.40. The van der Waals surface area contributed by atoms with Crippen LogP contribution in [0.15, 0.2) is 16.3 Å². The van der Waals surface area contributed by atoms with E-state index in [0.29, 0.717) is 18.4 Å². The van der Waals surface area contributed by atoms with Gasteiger partial charge in [0, 0.05) is 25.1 Å². The van der Waals surface area contributed by atoms with Crippen LogP contribution in [-0.2, 0) is 4.79 Å². The Balaban J connectivity index is 2.88. The van der Waals surface area contributed by atoms with Crippen LogP contribution in [0, 0.1) is 5.41 Å². The van der Waals surface area contributed by atoms with Crippen LogP contribution in [0.1, 0.15) is 79.1 Å². The van der Waals surface area contributed by atoms with E-state index in [4.69, 9.17) is 0 Å². The van der Waals surface area contributed by atoms with Crippen LogP contribution in [-0.4, -0.2) is 23.1 Å². The highest BCUT2D eigenvalue weighted by molar-refractivity contribution is 6.24. The van der Waals surface area contributed by atoms with E-state index in [1.807, 2.05) is 6.92 Å². The average Bonchev–Trinajstić information content (AvgIpc) is 2.36. The lowest BCUT2D eigenvalue weighted by molar-refractivity contribution is -0.117. The van der Waals surface area contributed by atoms with Crippen molar-refractivity contribution in [3.8, 4) is 0 Å². The van der Waals surface area contributed by atoms with Gasteiger partial charge in [0.25, 0.3) is 0 Å². The number of unbranched alkanes of at least 4 members (excludes halogenated alkanes) is 3. The first-order chi connectivity index (χ1) is 9.91. The second-order valence-electron chi connectivity index (χ2n) is 6.90. The number of carbonyl (C=O) groups is 1. The number of allylic oxidation sites excluding steroid dienone is 2. The third-order valence-corrected chi connectivity index (χ3v) is 3.94. The third-order valence-electron chi connectivity index (χ3n) is 3.94. The lowest BCUT2D eigenvalue weighted by Gasteiger charge is -2.31. The Labute approximate surface area is 129 Å². The fraction of sp³-hybridized carbons (Fsp3) is 0.778. The maximum absolute atomic E-state index is 12.4. The van der Waals surface area contributed by atoms with Crippen LogP contribution in [0.5, 0.6) is 0 Å². The molecule has 120 valence electrons. The van der Waals surface area contributed by atoms with Crippen LogP contribution < -0.4 is 0 Å². The first-order valence-corrected chi connectivity index (χ1v) is 8.40. The van der Waals surface area contributed by atoms with Crippen LogP contribution in [0.4, 0.5) is 0 Å². The summed E-state index contributed by atoms with van der Waals surface area (Å²) in [5.41, 5.74) is 1.31. The number of Topliss-reactive ketones (excluding diaryl/α,β-unsaturated/α-hetero) is 1. The number of nitrogens with zero attached hydrogens (tertiary/aromatic N) is 1. The Morgan fingerprint density at radius 3 is 2.48 bits per heavy atom. The molecule has 0 spiro atoms. The van der Waals surface area contributed by atoms with Gasteiger partial charge in [0.15, 0.2) is 5.78 Å². The standard InChI is InChI=1S/C18H31NO2/c1-5-7-8-9-11-19-14-12-18(3,4)13-16(21)17(14)15(20)10-6-2/h20H,5-13H2,1-4H3. The van der Waals surface area contributed by atoms with Gasteiger partial charge in [0.2, 0.25) is 0 Å². The molecular weight excluding hydrogens is 262 g/mol. The molecule has 0 bridgehead atoms. The van der Waals surface area contributed by atoms with Crippen molar-refractivity contribution < 1.29 is 9.90 Å². The maximum Gasteiger partial charge on any atom is 0.168 e. The molecule has 1 saturated carbocycles. The van der Waals surface area contributed by atoms with E-state index in [1.54, 1.807) is 0 Å². The number of hydrogen-bond donors (Lipinski definition) is 1. The van der Waals surface area contributed by atoms with Gasteiger partial charge in [0.05, 0.1) is 5.57 Å². The maximum atomic E-state index is 12.4. The van der Waals surface area contributed by atoms with Gasteiger partial charge in [-0.05, 0) is 24.7 Å². The summed E-state index contributed by atoms with van der Waals surface area (Å²) in [6.07, 6.45) is 7.40. The van der Waals surface area contributed by atoms with E-state index >= 15 is 0 Å². The predicted molar refractivity (Wildman–Crippen MR) is 89.0 cm³/mol. The molecule has 21 heavy (non-hydrogen) atoms. The molecule has 0 aliphatic heterocycles. The SMILES string of the molecule is CCCCCCN=C1CC(C)(C)CC(=O)C1=C(O)CCC. The molecule has 0 amide bonds. The zero-order valence-corrected chi connectivity index (χ0v) is 14.2. The highest BCUT2D eigenvalue weighted by atomic mass is 16.3. The highest BCUT2D eigenvalue weighted by Crippen LogP contribution is 2.35. The Hall–Kier alpha value is -1.12. The highest BCUT2D eigenvalue weighted by Gasteiger charge is 2.35. The van der Waals surface area contributed by atoms with Crippen molar-refractivity contribution in [3.63, 3.8) is 0 Å². The molecule has 1 aliphatic rings. The first kappa shape index (κ1) is 17.9. The summed E-state index contributed by atoms with van der Waals surface area (Å²) in [5.74, 6) is 0.301. The summed E-state index contributed by atoms with van der Waals surface area (Å²) in [7, 11) is 0. The number of ketones is 1. The molecule has 0 radical (unpaired) electrons. The van der Waals surface area contributed by atoms with Crippen LogP contribution in [0.2, 0.25) is 0 Å². The molecule has 1 rings (SSSR count). The molecule has 0 unspecified atom stereocenters. The second-order valence-corrected chi connectivity index (χ2v) is 6.90. The molecule has 3 nitrogen and oxygen atoms in total. The van der Waals surface area contributed by atoms with Gasteiger partial charge < -0.3 is 5.11 Å². The monoisotopic (exact) mass is 293 g/mol. The number of hydrogen-bond acceptors (Lipinski definition) is 3. The van der Waals surface area contributed by atoms with Gasteiger partial charge in [-0.25, -0.2) is 0 Å². The summed E-state index contributed by atoms with van der Waals surface area (Å²) >= 11 is 0. The molecule has 1 N–H and O–H groups in total. The normalized spacial score (nSPS) is 22.7. The van der Waals surface area contributed by atoms with Gasteiger partial charge in [-0.1, -0.05) is 47.0 Å². The van der Waals surface area contributed by atoms with E-state index < -0.39 is 0 Å². The largest absolute Gasteiger partial charge is 0.511 e. The van der Waals surface area contributed by atoms with E-state index in [0.717, 1.165) is 31.5 Å². The van der Waals surface area contributed by atoms with Crippen molar-refractivity contribution in [2.45, 2.75) is 79.1 Å². The van der Waals surface area contributed by atoms with E-state index in [1.165, 1.54) is 19.3 Å². The van der Waals surface area contributed by atoms with Gasteiger partial charge in [-0.3, -0.25) is 9.79 Å². The topological polar surface area (TPSA) is 49.7 Å². The summed E-state index contributed by atoms with van der Waals surface area (Å²) in [6.45, 7) is 9.17. The molecule has 0 atom stereocenters. The fourth-order valence-corrected chi connectivity index (χ4v) is 2.86. The van der Waals surface area contributed by atoms with Crippen LogP contribution in [0.25, 0.3) is 0 Å². The number of carbonyl (C=O) groups excluding carboxylic acids is 1. The van der Waals surface area contributed by atoms with Gasteiger partial charge >= 0.3 is 0 Å². The minimum Gasteiger partial charge on any atom is -0.511 e. The quantitative estimate of drug-likeness (QED) is 0.407. The summed E-state index contributed by atoms with van der Waals surface area (Å²) < 4.78 is 0. The number of rotatable bonds is 7. The Morgan fingerprint density at radius 2 is 1.86 bits per heavy atom.